The van der Waals surface area contributed by atoms with Crippen LogP contribution in [-0.4, -0.2) is 34.0 Å². The van der Waals surface area contributed by atoms with Gasteiger partial charge in [-0.05, 0) is 59.8 Å². The minimum absolute atomic E-state index is 0.874. The van der Waals surface area contributed by atoms with Crippen LogP contribution in [0.2, 0.25) is 0 Å². The molecule has 0 aliphatic carbocycles. The van der Waals surface area contributed by atoms with Gasteiger partial charge in [0, 0.05) is 24.9 Å². The van der Waals surface area contributed by atoms with E-state index in [4.69, 9.17) is 0 Å². The first-order valence-corrected chi connectivity index (χ1v) is 9.97. The maximum absolute atomic E-state index is 4.23. The van der Waals surface area contributed by atoms with Crippen molar-refractivity contribution in [3.05, 3.63) is 48.0 Å². The molecular formula is C20H24N6P2. The molecule has 4 rings (SSSR count). The smallest absolute Gasteiger partial charge is 0.137 e. The molecule has 0 aliphatic rings. The average molecular weight is 410 g/mol. The lowest BCUT2D eigenvalue weighted by Crippen LogP contribution is -2.01. The van der Waals surface area contributed by atoms with Crippen molar-refractivity contribution in [1.29, 1.82) is 0 Å². The molecule has 0 bridgehead atoms. The quantitative estimate of drug-likeness (QED) is 0.495. The van der Waals surface area contributed by atoms with E-state index in [-0.39, 0.29) is 0 Å². The number of anilines is 2. The SMILES string of the molecule is CNc1ncnc2cc(C)c(P)cc12.CNc1ncnc2cc(P)c(C)cc12. The van der Waals surface area contributed by atoms with E-state index in [1.807, 2.05) is 14.1 Å². The van der Waals surface area contributed by atoms with Crippen molar-refractivity contribution >= 4 is 62.5 Å². The van der Waals surface area contributed by atoms with Gasteiger partial charge in [0.2, 0.25) is 0 Å². The average Bonchev–Trinajstić information content (AvgIpc) is 2.69. The molecule has 0 aliphatic heterocycles. The van der Waals surface area contributed by atoms with Gasteiger partial charge in [-0.1, -0.05) is 0 Å². The summed E-state index contributed by atoms with van der Waals surface area (Å²) in [5.74, 6) is 1.75. The molecule has 2 aromatic carbocycles. The summed E-state index contributed by atoms with van der Waals surface area (Å²) in [5, 5.41) is 10.6. The summed E-state index contributed by atoms with van der Waals surface area (Å²) in [6.45, 7) is 4.15. The monoisotopic (exact) mass is 410 g/mol. The number of hydrogen-bond donors (Lipinski definition) is 2. The lowest BCUT2D eigenvalue weighted by atomic mass is 10.1. The molecule has 0 amide bonds. The minimum atomic E-state index is 0.874. The predicted molar refractivity (Wildman–Crippen MR) is 126 cm³/mol. The molecule has 28 heavy (non-hydrogen) atoms. The number of rotatable bonds is 2. The van der Waals surface area contributed by atoms with Crippen LogP contribution in [0, 0.1) is 13.8 Å². The Morgan fingerprint density at radius 1 is 0.643 bits per heavy atom. The van der Waals surface area contributed by atoms with Crippen molar-refractivity contribution in [3.63, 3.8) is 0 Å². The van der Waals surface area contributed by atoms with Crippen molar-refractivity contribution in [2.75, 3.05) is 24.7 Å². The van der Waals surface area contributed by atoms with E-state index >= 15 is 0 Å². The zero-order chi connectivity index (χ0) is 20.3. The van der Waals surface area contributed by atoms with Crippen molar-refractivity contribution < 1.29 is 0 Å². The fraction of sp³-hybridized carbons (Fsp3) is 0.200. The number of fused-ring (bicyclic) bond motifs is 2. The van der Waals surface area contributed by atoms with Gasteiger partial charge in [-0.2, -0.15) is 0 Å². The Labute approximate surface area is 169 Å². The van der Waals surface area contributed by atoms with E-state index in [1.165, 1.54) is 21.7 Å². The van der Waals surface area contributed by atoms with E-state index in [9.17, 15) is 0 Å². The number of nitrogens with zero attached hydrogens (tertiary/aromatic N) is 4. The van der Waals surface area contributed by atoms with Gasteiger partial charge in [-0.25, -0.2) is 19.9 Å². The second-order valence-corrected chi connectivity index (χ2v) is 7.64. The van der Waals surface area contributed by atoms with Crippen molar-refractivity contribution in [2.45, 2.75) is 13.8 Å². The summed E-state index contributed by atoms with van der Waals surface area (Å²) >= 11 is 0. The molecule has 2 N–H and O–H groups in total. The zero-order valence-corrected chi connectivity index (χ0v) is 18.7. The lowest BCUT2D eigenvalue weighted by molar-refractivity contribution is 1.21. The van der Waals surface area contributed by atoms with Crippen LogP contribution < -0.4 is 21.2 Å². The Kier molecular flexibility index (Phi) is 6.33. The Balaban J connectivity index is 0.000000161. The summed E-state index contributed by atoms with van der Waals surface area (Å²) in [4.78, 5) is 16.8. The molecule has 0 spiro atoms. The van der Waals surface area contributed by atoms with E-state index < -0.39 is 0 Å². The van der Waals surface area contributed by atoms with Crippen LogP contribution in [0.4, 0.5) is 11.6 Å². The van der Waals surface area contributed by atoms with Crippen LogP contribution in [-0.2, 0) is 0 Å². The van der Waals surface area contributed by atoms with Crippen molar-refractivity contribution in [3.8, 4) is 0 Å². The summed E-state index contributed by atoms with van der Waals surface area (Å²) in [5.41, 5.74) is 4.41. The Morgan fingerprint density at radius 3 is 1.68 bits per heavy atom. The molecule has 0 radical (unpaired) electrons. The van der Waals surface area contributed by atoms with Crippen LogP contribution in [0.15, 0.2) is 36.9 Å². The summed E-state index contributed by atoms with van der Waals surface area (Å²) in [6.07, 6.45) is 3.16. The highest BCUT2D eigenvalue weighted by Gasteiger charge is 2.04. The Hall–Kier alpha value is -2.42. The van der Waals surface area contributed by atoms with Gasteiger partial charge in [0.15, 0.2) is 0 Å². The molecule has 2 atom stereocenters. The summed E-state index contributed by atoms with van der Waals surface area (Å²) in [7, 11) is 9.16. The number of hydrogen-bond acceptors (Lipinski definition) is 6. The van der Waals surface area contributed by atoms with Gasteiger partial charge >= 0.3 is 0 Å². The van der Waals surface area contributed by atoms with E-state index in [2.05, 4.69) is 87.2 Å². The molecule has 6 nitrogen and oxygen atoms in total. The first kappa shape index (κ1) is 20.3. The van der Waals surface area contributed by atoms with Crippen LogP contribution >= 0.6 is 18.5 Å². The number of benzene rings is 2. The minimum Gasteiger partial charge on any atom is -0.373 e. The number of nitrogens with one attached hydrogen (secondary N) is 2. The molecule has 2 aromatic heterocycles. The Bertz CT molecular complexity index is 1060. The van der Waals surface area contributed by atoms with Gasteiger partial charge in [-0.3, -0.25) is 0 Å². The van der Waals surface area contributed by atoms with Gasteiger partial charge < -0.3 is 10.6 Å². The lowest BCUT2D eigenvalue weighted by Gasteiger charge is -2.06. The highest BCUT2D eigenvalue weighted by Crippen LogP contribution is 2.20. The molecule has 144 valence electrons. The molecule has 0 saturated heterocycles. The molecule has 0 fully saturated rings. The molecule has 8 heteroatoms. The standard InChI is InChI=1S/2C10H12N3P/c1-6-3-8-7(4-9(6)14)10(11-2)13-5-12-8;1-6-3-7-8(4-9(6)14)12-5-13-10(7)11-2/h2*3-5H,14H2,1-2H3,(H,11,12,13). The molecule has 2 unspecified atom stereocenters. The fourth-order valence-electron chi connectivity index (χ4n) is 2.85. The third kappa shape index (κ3) is 4.19. The molecule has 4 aromatic rings. The van der Waals surface area contributed by atoms with Gasteiger partial charge in [-0.15, -0.1) is 18.5 Å². The highest BCUT2D eigenvalue weighted by molar-refractivity contribution is 7.27. The first-order valence-electron chi connectivity index (χ1n) is 8.81. The second-order valence-electron chi connectivity index (χ2n) is 6.40. The van der Waals surface area contributed by atoms with Crippen LogP contribution in [0.5, 0.6) is 0 Å². The second kappa shape index (κ2) is 8.72. The van der Waals surface area contributed by atoms with Crippen LogP contribution in [0.3, 0.4) is 0 Å². The van der Waals surface area contributed by atoms with E-state index in [1.54, 1.807) is 12.7 Å². The van der Waals surface area contributed by atoms with E-state index in [0.29, 0.717) is 0 Å². The van der Waals surface area contributed by atoms with Crippen LogP contribution in [0.1, 0.15) is 11.1 Å². The molecular weight excluding hydrogens is 386 g/mol. The van der Waals surface area contributed by atoms with Gasteiger partial charge in [0.05, 0.1) is 11.0 Å². The first-order chi connectivity index (χ1) is 13.4. The fourth-order valence-corrected chi connectivity index (χ4v) is 3.34. The topological polar surface area (TPSA) is 75.6 Å². The number of aromatic nitrogens is 4. The molecule has 2 heterocycles. The summed E-state index contributed by atoms with van der Waals surface area (Å²) < 4.78 is 0. The normalized spacial score (nSPS) is 10.5. The summed E-state index contributed by atoms with van der Waals surface area (Å²) in [6, 6.07) is 8.31. The molecule has 0 saturated carbocycles. The largest absolute Gasteiger partial charge is 0.373 e. The number of aryl methyl sites for hydroxylation is 2. The van der Waals surface area contributed by atoms with Gasteiger partial charge in [0.1, 0.15) is 24.3 Å². The predicted octanol–water partition coefficient (Wildman–Crippen LogP) is 2.96. The van der Waals surface area contributed by atoms with Crippen LogP contribution in [0.25, 0.3) is 21.8 Å². The Morgan fingerprint density at radius 2 is 1.11 bits per heavy atom. The maximum Gasteiger partial charge on any atom is 0.137 e. The van der Waals surface area contributed by atoms with E-state index in [0.717, 1.165) is 33.4 Å². The maximum atomic E-state index is 4.23. The third-order valence-corrected chi connectivity index (χ3v) is 5.76. The third-order valence-electron chi connectivity index (χ3n) is 4.52. The van der Waals surface area contributed by atoms with Crippen molar-refractivity contribution in [2.24, 2.45) is 0 Å². The highest BCUT2D eigenvalue weighted by atomic mass is 31.0. The van der Waals surface area contributed by atoms with Crippen molar-refractivity contribution in [1.82, 2.24) is 19.9 Å². The van der Waals surface area contributed by atoms with Gasteiger partial charge in [0.25, 0.3) is 0 Å². The zero-order valence-electron chi connectivity index (χ0n) is 16.4.